The van der Waals surface area contributed by atoms with E-state index in [4.69, 9.17) is 9.26 Å². The van der Waals surface area contributed by atoms with Crippen LogP contribution in [0.1, 0.15) is 35.5 Å². The van der Waals surface area contributed by atoms with E-state index in [2.05, 4.69) is 15.5 Å². The molecule has 29 heavy (non-hydrogen) atoms. The summed E-state index contributed by atoms with van der Waals surface area (Å²) in [6.45, 7) is 0.481. The molecule has 0 atom stereocenters. The molecule has 0 bridgehead atoms. The average Bonchev–Trinajstić information content (AvgIpc) is 3.24. The zero-order valence-corrected chi connectivity index (χ0v) is 16.3. The lowest BCUT2D eigenvalue weighted by Crippen LogP contribution is -2.25. The maximum Gasteiger partial charge on any atom is 0.227 e. The summed E-state index contributed by atoms with van der Waals surface area (Å²) in [7, 11) is 1.55. The van der Waals surface area contributed by atoms with Crippen LogP contribution >= 0.6 is 0 Å². The van der Waals surface area contributed by atoms with Crippen LogP contribution in [0.2, 0.25) is 0 Å². The van der Waals surface area contributed by atoms with Crippen LogP contribution < -0.4 is 10.1 Å². The molecule has 0 saturated carbocycles. The largest absolute Gasteiger partial charge is 0.497 e. The molecule has 0 aliphatic heterocycles. The maximum absolute atomic E-state index is 12.2. The highest BCUT2D eigenvalue weighted by atomic mass is 16.5. The Bertz CT molecular complexity index is 953. The smallest absolute Gasteiger partial charge is 0.227 e. The topological polar surface area (TPSA) is 94.3 Å². The molecule has 0 fully saturated rings. The fourth-order valence-electron chi connectivity index (χ4n) is 2.78. The number of Topliss-reactive ketones (excluding diaryl/α,β-unsaturated/α-hetero) is 1. The molecule has 0 aliphatic rings. The monoisotopic (exact) mass is 393 g/mol. The number of hydrogen-bond donors (Lipinski definition) is 1. The lowest BCUT2D eigenvalue weighted by atomic mass is 10.1. The van der Waals surface area contributed by atoms with E-state index in [0.717, 1.165) is 5.56 Å². The molecule has 150 valence electrons. The summed E-state index contributed by atoms with van der Waals surface area (Å²) < 4.78 is 10.4. The fraction of sp³-hybridized carbons (Fsp3) is 0.273. The van der Waals surface area contributed by atoms with Gasteiger partial charge in [0.15, 0.2) is 5.78 Å². The first kappa shape index (κ1) is 20.3. The van der Waals surface area contributed by atoms with Gasteiger partial charge in [0.05, 0.1) is 7.11 Å². The van der Waals surface area contributed by atoms with E-state index in [1.807, 2.05) is 30.3 Å². The lowest BCUT2D eigenvalue weighted by molar-refractivity contribution is -0.121. The summed E-state index contributed by atoms with van der Waals surface area (Å²) in [5.74, 6) is 1.47. The van der Waals surface area contributed by atoms with E-state index >= 15 is 0 Å². The summed E-state index contributed by atoms with van der Waals surface area (Å²) in [5.41, 5.74) is 1.44. The number of methoxy groups -OCH3 is 1. The molecular formula is C22H23N3O4. The Kier molecular flexibility index (Phi) is 7.10. The Morgan fingerprint density at radius 3 is 2.69 bits per heavy atom. The average molecular weight is 393 g/mol. The lowest BCUT2D eigenvalue weighted by Gasteiger charge is -2.05. The second-order valence-corrected chi connectivity index (χ2v) is 6.49. The molecule has 2 aromatic carbocycles. The van der Waals surface area contributed by atoms with Crippen molar-refractivity contribution in [1.82, 2.24) is 15.5 Å². The SMILES string of the molecule is COc1cccc(C(=O)CCC(=O)NCCCc2nc(-c3ccccc3)no2)c1. The molecular weight excluding hydrogens is 370 g/mol. The molecule has 0 aliphatic carbocycles. The number of carbonyl (C=O) groups excluding carboxylic acids is 2. The minimum absolute atomic E-state index is 0.0849. The first-order chi connectivity index (χ1) is 14.2. The zero-order chi connectivity index (χ0) is 20.5. The molecule has 1 heterocycles. The van der Waals surface area contributed by atoms with Crippen molar-refractivity contribution in [2.45, 2.75) is 25.7 Å². The minimum atomic E-state index is -0.156. The third kappa shape index (κ3) is 6.00. The molecule has 1 amide bonds. The molecule has 3 aromatic rings. The quantitative estimate of drug-likeness (QED) is 0.419. The molecule has 7 nitrogen and oxygen atoms in total. The third-order valence-electron chi connectivity index (χ3n) is 4.36. The van der Waals surface area contributed by atoms with E-state index in [-0.39, 0.29) is 24.5 Å². The van der Waals surface area contributed by atoms with Gasteiger partial charge in [0, 0.05) is 36.9 Å². The summed E-state index contributed by atoms with van der Waals surface area (Å²) in [6.07, 6.45) is 1.55. The van der Waals surface area contributed by atoms with Gasteiger partial charge in [-0.2, -0.15) is 4.98 Å². The number of benzene rings is 2. The predicted octanol–water partition coefficient (Wildman–Crippen LogP) is 3.46. The number of hydrogen-bond acceptors (Lipinski definition) is 6. The van der Waals surface area contributed by atoms with E-state index in [1.165, 1.54) is 0 Å². The Hall–Kier alpha value is -3.48. The van der Waals surface area contributed by atoms with Gasteiger partial charge in [-0.3, -0.25) is 9.59 Å². The van der Waals surface area contributed by atoms with E-state index < -0.39 is 0 Å². The van der Waals surface area contributed by atoms with Crippen molar-refractivity contribution in [1.29, 1.82) is 0 Å². The van der Waals surface area contributed by atoms with E-state index in [1.54, 1.807) is 31.4 Å². The van der Waals surface area contributed by atoms with Crippen LogP contribution in [0, 0.1) is 0 Å². The molecule has 0 unspecified atom stereocenters. The summed E-state index contributed by atoms with van der Waals surface area (Å²) in [6, 6.07) is 16.5. The molecule has 0 spiro atoms. The highest BCUT2D eigenvalue weighted by molar-refractivity contribution is 5.98. The number of carbonyl (C=O) groups is 2. The second kappa shape index (κ2) is 10.2. The molecule has 0 saturated heterocycles. The number of aryl methyl sites for hydroxylation is 1. The van der Waals surface area contributed by atoms with Crippen LogP contribution in [0.4, 0.5) is 0 Å². The normalized spacial score (nSPS) is 10.5. The van der Waals surface area contributed by atoms with E-state index in [0.29, 0.717) is 42.4 Å². The summed E-state index contributed by atoms with van der Waals surface area (Å²) >= 11 is 0. The molecule has 1 N–H and O–H groups in total. The van der Waals surface area contributed by atoms with Crippen LogP contribution in [0.25, 0.3) is 11.4 Å². The van der Waals surface area contributed by atoms with Gasteiger partial charge < -0.3 is 14.6 Å². The van der Waals surface area contributed by atoms with Crippen molar-refractivity contribution in [3.05, 3.63) is 66.1 Å². The van der Waals surface area contributed by atoms with E-state index in [9.17, 15) is 9.59 Å². The molecule has 1 aromatic heterocycles. The predicted molar refractivity (Wildman–Crippen MR) is 108 cm³/mol. The number of nitrogens with one attached hydrogen (secondary N) is 1. The zero-order valence-electron chi connectivity index (χ0n) is 16.3. The van der Waals surface area contributed by atoms with Crippen molar-refractivity contribution < 1.29 is 18.8 Å². The molecule has 7 heteroatoms. The van der Waals surface area contributed by atoms with Gasteiger partial charge in [-0.15, -0.1) is 0 Å². The van der Waals surface area contributed by atoms with Crippen molar-refractivity contribution in [2.24, 2.45) is 0 Å². The highest BCUT2D eigenvalue weighted by Crippen LogP contribution is 2.16. The van der Waals surface area contributed by atoms with Gasteiger partial charge in [-0.1, -0.05) is 47.6 Å². The number of nitrogens with zero attached hydrogens (tertiary/aromatic N) is 2. The van der Waals surface area contributed by atoms with Crippen molar-refractivity contribution in [3.63, 3.8) is 0 Å². The van der Waals surface area contributed by atoms with Crippen LogP contribution in [-0.2, 0) is 11.2 Å². The Labute approximate surface area is 169 Å². The Balaban J connectivity index is 1.36. The fourth-order valence-corrected chi connectivity index (χ4v) is 2.78. The van der Waals surface area contributed by atoms with Gasteiger partial charge in [-0.25, -0.2) is 0 Å². The first-order valence-corrected chi connectivity index (χ1v) is 9.47. The number of amides is 1. The number of ether oxygens (including phenoxy) is 1. The van der Waals surface area contributed by atoms with Gasteiger partial charge in [0.1, 0.15) is 5.75 Å². The number of aromatic nitrogens is 2. The maximum atomic E-state index is 12.2. The highest BCUT2D eigenvalue weighted by Gasteiger charge is 2.11. The standard InChI is InChI=1S/C22H23N3O4/c1-28-18-10-5-9-17(15-18)19(26)12-13-20(27)23-14-6-11-21-24-22(25-29-21)16-7-3-2-4-8-16/h2-5,7-10,15H,6,11-14H2,1H3,(H,23,27). The summed E-state index contributed by atoms with van der Waals surface area (Å²) in [4.78, 5) is 28.5. The van der Waals surface area contributed by atoms with Crippen molar-refractivity contribution in [2.75, 3.05) is 13.7 Å². The van der Waals surface area contributed by atoms with Gasteiger partial charge in [-0.05, 0) is 18.6 Å². The van der Waals surface area contributed by atoms with Gasteiger partial charge in [0.25, 0.3) is 0 Å². The van der Waals surface area contributed by atoms with Gasteiger partial charge in [0.2, 0.25) is 17.6 Å². The first-order valence-electron chi connectivity index (χ1n) is 9.47. The van der Waals surface area contributed by atoms with Crippen molar-refractivity contribution in [3.8, 4) is 17.1 Å². The van der Waals surface area contributed by atoms with Gasteiger partial charge >= 0.3 is 0 Å². The van der Waals surface area contributed by atoms with Crippen LogP contribution in [0.15, 0.2) is 59.1 Å². The molecule has 0 radical (unpaired) electrons. The Morgan fingerprint density at radius 1 is 1.07 bits per heavy atom. The Morgan fingerprint density at radius 2 is 1.90 bits per heavy atom. The number of ketones is 1. The van der Waals surface area contributed by atoms with Crippen LogP contribution in [0.3, 0.4) is 0 Å². The van der Waals surface area contributed by atoms with Crippen LogP contribution in [0.5, 0.6) is 5.75 Å². The number of rotatable bonds is 10. The van der Waals surface area contributed by atoms with Crippen molar-refractivity contribution >= 4 is 11.7 Å². The summed E-state index contributed by atoms with van der Waals surface area (Å²) in [5, 5.41) is 6.79. The minimum Gasteiger partial charge on any atom is -0.497 e. The van der Waals surface area contributed by atoms with Crippen LogP contribution in [-0.4, -0.2) is 35.5 Å². The molecule has 3 rings (SSSR count). The third-order valence-corrected chi connectivity index (χ3v) is 4.36. The second-order valence-electron chi connectivity index (χ2n) is 6.49.